The molecule has 3 aromatic carbocycles. The summed E-state index contributed by atoms with van der Waals surface area (Å²) in [7, 11) is -1.48. The van der Waals surface area contributed by atoms with Gasteiger partial charge in [0.1, 0.15) is 22.3 Å². The number of methoxy groups -OCH3 is 2. The maximum absolute atomic E-state index is 12.7. The molecule has 11 nitrogen and oxygen atoms in total. The molecule has 3 aromatic rings. The molecule has 0 saturated carbocycles. The fraction of sp³-hybridized carbons (Fsp3) is 0.0833. The third-order valence-corrected chi connectivity index (χ3v) is 6.73. The number of ether oxygens (including phenoxy) is 2. The highest BCUT2D eigenvalue weighted by Gasteiger charge is 2.21. The van der Waals surface area contributed by atoms with Crippen LogP contribution in [0.5, 0.6) is 17.2 Å². The van der Waals surface area contributed by atoms with Crippen molar-refractivity contribution in [1.82, 2.24) is 0 Å². The monoisotopic (exact) mass is 577 g/mol. The minimum Gasteiger partial charge on any atom is -0.497 e. The molecule has 0 fully saturated rings. The van der Waals surface area contributed by atoms with E-state index in [1.165, 1.54) is 62.8 Å². The van der Waals surface area contributed by atoms with Gasteiger partial charge < -0.3 is 19.0 Å². The van der Waals surface area contributed by atoms with Crippen LogP contribution in [0, 0.1) is 21.4 Å². The van der Waals surface area contributed by atoms with Crippen molar-refractivity contribution in [2.75, 3.05) is 19.5 Å². The number of nitro groups is 1. The average molecular weight is 578 g/mol. The molecule has 1 N–H and O–H groups in total. The van der Waals surface area contributed by atoms with Gasteiger partial charge in [-0.1, -0.05) is 29.3 Å². The number of nitriles is 1. The van der Waals surface area contributed by atoms with Crippen molar-refractivity contribution in [3.8, 4) is 23.3 Å². The van der Waals surface area contributed by atoms with Crippen LogP contribution in [0.1, 0.15) is 5.56 Å². The van der Waals surface area contributed by atoms with Gasteiger partial charge in [-0.2, -0.15) is 13.7 Å². The van der Waals surface area contributed by atoms with Gasteiger partial charge in [-0.15, -0.1) is 0 Å². The molecule has 196 valence electrons. The maximum Gasteiger partial charge on any atom is 0.339 e. The van der Waals surface area contributed by atoms with Crippen LogP contribution in [0.4, 0.5) is 11.4 Å². The van der Waals surface area contributed by atoms with E-state index < -0.39 is 20.9 Å². The summed E-state index contributed by atoms with van der Waals surface area (Å²) >= 11 is 12.0. The molecule has 0 aromatic heterocycles. The number of nitro benzene ring substituents is 1. The van der Waals surface area contributed by atoms with Crippen LogP contribution < -0.4 is 19.0 Å². The van der Waals surface area contributed by atoms with Crippen LogP contribution >= 0.6 is 23.2 Å². The van der Waals surface area contributed by atoms with Crippen molar-refractivity contribution >= 4 is 56.7 Å². The van der Waals surface area contributed by atoms with E-state index in [1.807, 2.05) is 0 Å². The number of carbonyl (C=O) groups is 1. The molecule has 3 rings (SSSR count). The maximum atomic E-state index is 12.7. The van der Waals surface area contributed by atoms with Crippen LogP contribution in [0.3, 0.4) is 0 Å². The van der Waals surface area contributed by atoms with Gasteiger partial charge in [-0.05, 0) is 48.0 Å². The summed E-state index contributed by atoms with van der Waals surface area (Å²) < 4.78 is 40.8. The highest BCUT2D eigenvalue weighted by atomic mass is 35.5. The van der Waals surface area contributed by atoms with Crippen molar-refractivity contribution < 1.29 is 31.8 Å². The van der Waals surface area contributed by atoms with Gasteiger partial charge in [0.2, 0.25) is 0 Å². The molecular formula is C24H17Cl2N3O8S. The molecule has 14 heteroatoms. The summed E-state index contributed by atoms with van der Waals surface area (Å²) in [6.45, 7) is 0. The van der Waals surface area contributed by atoms with Crippen LogP contribution in [0.15, 0.2) is 65.1 Å². The third-order valence-electron chi connectivity index (χ3n) is 4.89. The number of nitrogens with one attached hydrogen (secondary N) is 1. The first-order valence-electron chi connectivity index (χ1n) is 10.3. The van der Waals surface area contributed by atoms with Gasteiger partial charge >= 0.3 is 10.1 Å². The number of hydrogen-bond acceptors (Lipinski definition) is 9. The third kappa shape index (κ3) is 6.51. The number of non-ortho nitro benzene ring substituents is 1. The van der Waals surface area contributed by atoms with E-state index in [-0.39, 0.29) is 43.4 Å². The largest absolute Gasteiger partial charge is 0.497 e. The highest BCUT2D eigenvalue weighted by molar-refractivity contribution is 7.87. The topological polar surface area (TPSA) is 158 Å². The number of carbonyl (C=O) groups excluding carboxylic acids is 1. The Balaban J connectivity index is 1.86. The highest BCUT2D eigenvalue weighted by Crippen LogP contribution is 2.35. The Morgan fingerprint density at radius 2 is 1.66 bits per heavy atom. The molecule has 0 aliphatic rings. The van der Waals surface area contributed by atoms with Crippen LogP contribution in [0.25, 0.3) is 6.08 Å². The number of anilines is 1. The number of nitrogens with zero attached hydrogens (tertiary/aromatic N) is 2. The molecule has 0 aliphatic heterocycles. The van der Waals surface area contributed by atoms with Crippen molar-refractivity contribution in [2.45, 2.75) is 4.90 Å². The molecule has 0 unspecified atom stereocenters. The molecule has 0 atom stereocenters. The first kappa shape index (κ1) is 28.3. The van der Waals surface area contributed by atoms with Gasteiger partial charge in [0.05, 0.1) is 34.9 Å². The zero-order valence-electron chi connectivity index (χ0n) is 19.6. The van der Waals surface area contributed by atoms with E-state index in [0.29, 0.717) is 11.3 Å². The number of benzene rings is 3. The second kappa shape index (κ2) is 11.8. The van der Waals surface area contributed by atoms with E-state index in [9.17, 15) is 28.6 Å². The second-order valence-electron chi connectivity index (χ2n) is 7.29. The van der Waals surface area contributed by atoms with Gasteiger partial charge in [-0.25, -0.2) is 0 Å². The lowest BCUT2D eigenvalue weighted by molar-refractivity contribution is -0.384. The fourth-order valence-corrected chi connectivity index (χ4v) is 4.54. The molecule has 0 heterocycles. The molecular weight excluding hydrogens is 561 g/mol. The first-order valence-corrected chi connectivity index (χ1v) is 12.5. The van der Waals surface area contributed by atoms with Crippen molar-refractivity contribution in [3.05, 3.63) is 85.9 Å². The van der Waals surface area contributed by atoms with Crippen molar-refractivity contribution in [1.29, 1.82) is 5.26 Å². The Hall–Kier alpha value is -4.31. The standard InChI is InChI=1S/C24H17Cl2N3O8S/c1-35-17-4-6-18(7-5-17)38(33,34)37-21-8-3-14(10-22(21)36-2)9-15(13-27)24(30)28-23-19(25)11-16(29(31)32)12-20(23)26/h3-12H,1-2H3,(H,28,30)/b15-9+. The Bertz CT molecular complexity index is 1560. The first-order chi connectivity index (χ1) is 18.0. The predicted octanol–water partition coefficient (Wildman–Crippen LogP) is 5.23. The van der Waals surface area contributed by atoms with Crippen LogP contribution in [-0.4, -0.2) is 33.5 Å². The number of amides is 1. The van der Waals surface area contributed by atoms with E-state index in [0.717, 1.165) is 12.1 Å². The van der Waals surface area contributed by atoms with E-state index in [1.54, 1.807) is 6.07 Å². The zero-order valence-corrected chi connectivity index (χ0v) is 21.9. The summed E-state index contributed by atoms with van der Waals surface area (Å²) in [5.41, 5.74) is -0.576. The zero-order chi connectivity index (χ0) is 28.0. The normalized spacial score (nSPS) is 11.3. The minimum absolute atomic E-state index is 0.00925. The van der Waals surface area contributed by atoms with Gasteiger partial charge in [-0.3, -0.25) is 14.9 Å². The lowest BCUT2D eigenvalue weighted by Crippen LogP contribution is -2.14. The van der Waals surface area contributed by atoms with Gasteiger partial charge in [0, 0.05) is 12.1 Å². The Morgan fingerprint density at radius 1 is 1.03 bits per heavy atom. The summed E-state index contributed by atoms with van der Waals surface area (Å²) in [4.78, 5) is 22.8. The summed E-state index contributed by atoms with van der Waals surface area (Å²) in [6, 6.07) is 13.4. The summed E-state index contributed by atoms with van der Waals surface area (Å²) in [5, 5.41) is 22.4. The fourth-order valence-electron chi connectivity index (χ4n) is 3.03. The van der Waals surface area contributed by atoms with Gasteiger partial charge in [0.25, 0.3) is 11.6 Å². The molecule has 38 heavy (non-hydrogen) atoms. The lowest BCUT2D eigenvalue weighted by atomic mass is 10.1. The molecule has 1 amide bonds. The molecule has 0 bridgehead atoms. The number of halogens is 2. The molecule has 0 spiro atoms. The number of rotatable bonds is 9. The quantitative estimate of drug-likeness (QED) is 0.118. The van der Waals surface area contributed by atoms with E-state index >= 15 is 0 Å². The van der Waals surface area contributed by atoms with E-state index in [4.69, 9.17) is 36.9 Å². The smallest absolute Gasteiger partial charge is 0.339 e. The Labute approximate surface area is 227 Å². The lowest BCUT2D eigenvalue weighted by Gasteiger charge is -2.12. The number of hydrogen-bond donors (Lipinski definition) is 1. The Kier molecular flexibility index (Phi) is 8.80. The SMILES string of the molecule is COc1ccc(S(=O)(=O)Oc2ccc(/C=C(\C#N)C(=O)Nc3c(Cl)cc([N+](=O)[O-])cc3Cl)cc2OC)cc1. The molecule has 0 aliphatic carbocycles. The Morgan fingerprint density at radius 3 is 2.18 bits per heavy atom. The average Bonchev–Trinajstić information content (AvgIpc) is 2.89. The van der Waals surface area contributed by atoms with Crippen molar-refractivity contribution in [2.24, 2.45) is 0 Å². The summed E-state index contributed by atoms with van der Waals surface area (Å²) in [6.07, 6.45) is 1.20. The van der Waals surface area contributed by atoms with Crippen LogP contribution in [-0.2, 0) is 14.9 Å². The van der Waals surface area contributed by atoms with Crippen LogP contribution in [0.2, 0.25) is 10.0 Å². The minimum atomic E-state index is -4.21. The second-order valence-corrected chi connectivity index (χ2v) is 9.65. The molecule has 0 saturated heterocycles. The predicted molar refractivity (Wildman–Crippen MR) is 139 cm³/mol. The van der Waals surface area contributed by atoms with E-state index in [2.05, 4.69) is 5.32 Å². The summed E-state index contributed by atoms with van der Waals surface area (Å²) in [5.74, 6) is -0.553. The molecule has 0 radical (unpaired) electrons. The van der Waals surface area contributed by atoms with Crippen molar-refractivity contribution in [3.63, 3.8) is 0 Å². The van der Waals surface area contributed by atoms with Gasteiger partial charge in [0.15, 0.2) is 11.5 Å².